The zero-order valence-corrected chi connectivity index (χ0v) is 12.7. The van der Waals surface area contributed by atoms with E-state index in [9.17, 15) is 0 Å². The maximum absolute atomic E-state index is 3.35. The molecule has 0 spiro atoms. The minimum absolute atomic E-state index is 0. The van der Waals surface area contributed by atoms with Crippen molar-refractivity contribution in [2.24, 2.45) is 0 Å². The van der Waals surface area contributed by atoms with Crippen molar-refractivity contribution in [2.75, 3.05) is 0 Å². The van der Waals surface area contributed by atoms with Crippen LogP contribution in [0, 0.1) is 0 Å². The third kappa shape index (κ3) is 29.2. The first-order valence-electron chi connectivity index (χ1n) is 0.756. The quantitative estimate of drug-likeness (QED) is 0.419. The van der Waals surface area contributed by atoms with Crippen LogP contribution in [0.15, 0.2) is 0 Å². The van der Waals surface area contributed by atoms with E-state index in [1.165, 1.54) is 0 Å². The Labute approximate surface area is 63.4 Å². The first-order valence-corrected chi connectivity index (χ1v) is 34.5. The Morgan fingerprint density at radius 1 is 0.833 bits per heavy atom. The molecule has 6 heavy (non-hydrogen) atoms. The summed E-state index contributed by atoms with van der Waals surface area (Å²) in [4.78, 5) is 0. The van der Waals surface area contributed by atoms with Gasteiger partial charge in [-0.25, -0.2) is 0 Å². The molecule has 0 saturated heterocycles. The Morgan fingerprint density at radius 3 is 0.833 bits per heavy atom. The van der Waals surface area contributed by atoms with Gasteiger partial charge in [0.1, 0.15) is 0 Å². The topological polar surface area (TPSA) is 31.5 Å². The molecule has 0 rings (SSSR count). The first kappa shape index (κ1) is 11.6. The van der Waals surface area contributed by atoms with E-state index in [1.54, 1.807) is 0 Å². The van der Waals surface area contributed by atoms with Crippen LogP contribution >= 0.6 is 47.9 Å². The molecule has 0 aromatic rings. The molecule has 0 unspecified atom stereocenters. The van der Waals surface area contributed by atoms with Crippen molar-refractivity contribution in [1.82, 2.24) is 0 Å². The van der Waals surface area contributed by atoms with Gasteiger partial charge >= 0.3 is 59.5 Å². The molecule has 6 heteroatoms. The summed E-state index contributed by atoms with van der Waals surface area (Å²) in [6, 6.07) is 0. The summed E-state index contributed by atoms with van der Waals surface area (Å²) in [6.07, 6.45) is 0. The molecular formula is H2Br4OPb. The number of hydrogen-bond donors (Lipinski definition) is 0. The summed E-state index contributed by atoms with van der Waals surface area (Å²) in [5.74, 6) is 0. The van der Waals surface area contributed by atoms with Gasteiger partial charge in [-0.15, -0.1) is 0 Å². The molecule has 0 aliphatic rings. The maximum atomic E-state index is 3.35. The SMILES string of the molecule is O.[Br][Pb]([Br])([Br])[Br]. The number of rotatable bonds is 0. The monoisotopic (exact) mass is 542 g/mol. The molecule has 0 aromatic heterocycles. The first-order chi connectivity index (χ1) is 2.00. The van der Waals surface area contributed by atoms with E-state index in [0.717, 1.165) is 0 Å². The Bertz CT molecular complexity index is 23.0. The molecule has 0 heterocycles. The van der Waals surface area contributed by atoms with E-state index in [4.69, 9.17) is 0 Å². The third-order valence-electron chi connectivity index (χ3n) is 0. The second kappa shape index (κ2) is 4.66. The molecule has 0 atom stereocenters. The van der Waals surface area contributed by atoms with Crippen LogP contribution in [0.25, 0.3) is 0 Å². The second-order valence-electron chi connectivity index (χ2n) is 0.429. The van der Waals surface area contributed by atoms with Crippen LogP contribution < -0.4 is 0 Å². The molecule has 2 N–H and O–H groups in total. The average Bonchev–Trinajstić information content (AvgIpc) is 0.722. The van der Waals surface area contributed by atoms with E-state index >= 15 is 0 Å². The fourth-order valence-corrected chi connectivity index (χ4v) is 0. The van der Waals surface area contributed by atoms with Crippen LogP contribution in [0.1, 0.15) is 0 Å². The van der Waals surface area contributed by atoms with Crippen molar-refractivity contribution in [1.29, 1.82) is 0 Å². The van der Waals surface area contributed by atoms with Crippen molar-refractivity contribution in [3.8, 4) is 0 Å². The van der Waals surface area contributed by atoms with Crippen LogP contribution in [-0.4, -0.2) is 17.0 Å². The summed E-state index contributed by atoms with van der Waals surface area (Å²) in [6.45, 7) is 0. The van der Waals surface area contributed by atoms with Crippen LogP contribution in [0.2, 0.25) is 0 Å². The Hall–Kier alpha value is 2.80. The second-order valence-corrected chi connectivity index (χ2v) is 102. The van der Waals surface area contributed by atoms with Crippen LogP contribution in [0.4, 0.5) is 0 Å². The van der Waals surface area contributed by atoms with Gasteiger partial charge in [0, 0.05) is 0 Å². The van der Waals surface area contributed by atoms with E-state index < -0.39 is 11.5 Å². The van der Waals surface area contributed by atoms with Gasteiger partial charge in [-0.05, 0) is 0 Å². The van der Waals surface area contributed by atoms with Gasteiger partial charge in [0.05, 0.1) is 0 Å². The molecular weight excluding hydrogens is 543 g/mol. The third-order valence-corrected chi connectivity index (χ3v) is 0. The van der Waals surface area contributed by atoms with Gasteiger partial charge in [0.2, 0.25) is 0 Å². The summed E-state index contributed by atoms with van der Waals surface area (Å²) in [5.41, 5.74) is 0. The van der Waals surface area contributed by atoms with Gasteiger partial charge in [0.25, 0.3) is 0 Å². The summed E-state index contributed by atoms with van der Waals surface area (Å²) in [5, 5.41) is 0. The molecule has 0 bridgehead atoms. The van der Waals surface area contributed by atoms with Gasteiger partial charge in [-0.3, -0.25) is 0 Å². The zero-order valence-electron chi connectivity index (χ0n) is 2.51. The number of hydrogen-bond acceptors (Lipinski definition) is 0. The molecule has 40 valence electrons. The van der Waals surface area contributed by atoms with Crippen molar-refractivity contribution < 1.29 is 5.48 Å². The van der Waals surface area contributed by atoms with Crippen LogP contribution in [0.3, 0.4) is 0 Å². The van der Waals surface area contributed by atoms with Crippen molar-refractivity contribution in [3.05, 3.63) is 0 Å². The molecule has 0 radical (unpaired) electrons. The van der Waals surface area contributed by atoms with Gasteiger partial charge in [0.15, 0.2) is 0 Å². The predicted octanol–water partition coefficient (Wildman–Crippen LogP) is 2.18. The normalized spacial score (nSPS) is 10.0. The van der Waals surface area contributed by atoms with Gasteiger partial charge in [-0.2, -0.15) is 0 Å². The average molecular weight is 545 g/mol. The predicted molar refractivity (Wildman–Crippen MR) is 45.1 cm³/mol. The summed E-state index contributed by atoms with van der Waals surface area (Å²) >= 11 is 11.4. The van der Waals surface area contributed by atoms with Crippen molar-refractivity contribution in [2.45, 2.75) is 0 Å². The van der Waals surface area contributed by atoms with Gasteiger partial charge in [-0.1, -0.05) is 0 Å². The molecule has 1 nitrogen and oxygen atoms in total. The van der Waals surface area contributed by atoms with E-state index in [1.807, 2.05) is 0 Å². The Morgan fingerprint density at radius 2 is 0.833 bits per heavy atom. The molecule has 0 fully saturated rings. The van der Waals surface area contributed by atoms with E-state index in [-0.39, 0.29) is 5.48 Å². The van der Waals surface area contributed by atoms with E-state index in [0.29, 0.717) is 0 Å². The van der Waals surface area contributed by atoms with Gasteiger partial charge < -0.3 is 5.48 Å². The number of halogens is 4. The minimum atomic E-state index is -2.03. The van der Waals surface area contributed by atoms with Crippen molar-refractivity contribution in [3.63, 3.8) is 0 Å². The molecule has 0 amide bonds. The molecule has 0 saturated carbocycles. The standard InChI is InChI=1S/4BrH.H2O.Pb/h4*1H;1H2;/q;;;;;+4/p-4. The molecule has 0 aliphatic carbocycles. The Kier molecular flexibility index (Phi) is 8.99. The summed E-state index contributed by atoms with van der Waals surface area (Å²) < 4.78 is 0. The zero-order chi connectivity index (χ0) is 4.50. The summed E-state index contributed by atoms with van der Waals surface area (Å²) in [7, 11) is 0. The molecule has 0 aromatic carbocycles. The van der Waals surface area contributed by atoms with Crippen LogP contribution in [0.5, 0.6) is 0 Å². The van der Waals surface area contributed by atoms with E-state index in [2.05, 4.69) is 47.9 Å². The van der Waals surface area contributed by atoms with Crippen LogP contribution in [-0.2, 0) is 0 Å². The van der Waals surface area contributed by atoms with Crippen molar-refractivity contribution >= 4 is 59.5 Å². The fraction of sp³-hybridized carbons (Fsp3) is 0. The Balaban J connectivity index is 0. The molecule has 0 aliphatic heterocycles. The fourth-order valence-electron chi connectivity index (χ4n) is 0.